The molecular formula is C13H15BrF3NOS. The minimum Gasteiger partial charge on any atom is -0.324 e. The average molecular weight is 370 g/mol. The van der Waals surface area contributed by atoms with Crippen LogP contribution in [0.15, 0.2) is 29.2 Å². The molecule has 0 radical (unpaired) electrons. The molecule has 20 heavy (non-hydrogen) atoms. The molecular weight excluding hydrogens is 355 g/mol. The monoisotopic (exact) mass is 369 g/mol. The van der Waals surface area contributed by atoms with Crippen molar-refractivity contribution < 1.29 is 18.0 Å². The number of hydrogen-bond acceptors (Lipinski definition) is 2. The van der Waals surface area contributed by atoms with Gasteiger partial charge in [0.2, 0.25) is 5.91 Å². The van der Waals surface area contributed by atoms with E-state index in [-0.39, 0.29) is 16.7 Å². The first-order chi connectivity index (χ1) is 9.20. The van der Waals surface area contributed by atoms with Crippen LogP contribution in [0.3, 0.4) is 0 Å². The van der Waals surface area contributed by atoms with E-state index in [2.05, 4.69) is 21.2 Å². The van der Waals surface area contributed by atoms with Crippen LogP contribution < -0.4 is 5.32 Å². The second-order valence-corrected chi connectivity index (χ2v) is 6.54. The summed E-state index contributed by atoms with van der Waals surface area (Å²) in [7, 11) is 0. The molecule has 1 N–H and O–H groups in total. The van der Waals surface area contributed by atoms with Gasteiger partial charge in [0.25, 0.3) is 0 Å². The van der Waals surface area contributed by atoms with Gasteiger partial charge in [-0.2, -0.15) is 13.2 Å². The van der Waals surface area contributed by atoms with Crippen molar-refractivity contribution in [1.82, 2.24) is 0 Å². The van der Waals surface area contributed by atoms with Crippen LogP contribution >= 0.6 is 27.7 Å². The molecule has 0 aliphatic carbocycles. The SMILES string of the molecule is CC(C)C(Br)C(=O)Nc1ccccc1SCC(F)(F)F. The molecule has 0 aliphatic rings. The standard InChI is InChI=1S/C13H15BrF3NOS/c1-8(2)11(14)12(19)18-9-5-3-4-6-10(9)20-7-13(15,16)17/h3-6,8,11H,7H2,1-2H3,(H,18,19). The average Bonchev–Trinajstić information content (AvgIpc) is 2.35. The van der Waals surface area contributed by atoms with Gasteiger partial charge < -0.3 is 5.32 Å². The number of benzene rings is 1. The van der Waals surface area contributed by atoms with Crippen molar-refractivity contribution in [3.63, 3.8) is 0 Å². The maximum atomic E-state index is 12.3. The van der Waals surface area contributed by atoms with E-state index in [1.807, 2.05) is 13.8 Å². The molecule has 1 aromatic rings. The van der Waals surface area contributed by atoms with Gasteiger partial charge in [0.15, 0.2) is 0 Å². The van der Waals surface area contributed by atoms with Crippen LogP contribution in [0.2, 0.25) is 0 Å². The molecule has 0 aromatic heterocycles. The summed E-state index contributed by atoms with van der Waals surface area (Å²) >= 11 is 3.92. The van der Waals surface area contributed by atoms with E-state index in [4.69, 9.17) is 0 Å². The molecule has 0 aliphatic heterocycles. The fourth-order valence-electron chi connectivity index (χ4n) is 1.36. The molecule has 112 valence electrons. The van der Waals surface area contributed by atoms with E-state index in [0.717, 1.165) is 0 Å². The van der Waals surface area contributed by atoms with Gasteiger partial charge in [0.1, 0.15) is 0 Å². The Morgan fingerprint density at radius 3 is 2.50 bits per heavy atom. The highest BCUT2D eigenvalue weighted by Gasteiger charge is 2.28. The molecule has 7 heteroatoms. The van der Waals surface area contributed by atoms with Crippen LogP contribution in [0.25, 0.3) is 0 Å². The maximum absolute atomic E-state index is 12.3. The van der Waals surface area contributed by atoms with Crippen molar-refractivity contribution >= 4 is 39.3 Å². The number of amides is 1. The molecule has 1 atom stereocenters. The highest BCUT2D eigenvalue weighted by Crippen LogP contribution is 2.32. The van der Waals surface area contributed by atoms with Crippen molar-refractivity contribution in [2.45, 2.75) is 29.7 Å². The van der Waals surface area contributed by atoms with E-state index in [1.165, 1.54) is 0 Å². The third-order valence-corrected chi connectivity index (χ3v) is 4.98. The van der Waals surface area contributed by atoms with Crippen molar-refractivity contribution in [1.29, 1.82) is 0 Å². The summed E-state index contributed by atoms with van der Waals surface area (Å²) in [6, 6.07) is 6.47. The first kappa shape index (κ1) is 17.4. The minimum atomic E-state index is -4.24. The summed E-state index contributed by atoms with van der Waals surface area (Å²) in [4.78, 5) is 11.9. The summed E-state index contributed by atoms with van der Waals surface area (Å²) in [6.07, 6.45) is -4.24. The summed E-state index contributed by atoms with van der Waals surface area (Å²) < 4.78 is 36.8. The number of hydrogen-bond donors (Lipinski definition) is 1. The van der Waals surface area contributed by atoms with E-state index in [9.17, 15) is 18.0 Å². The van der Waals surface area contributed by atoms with Crippen LogP contribution in [-0.2, 0) is 4.79 Å². The molecule has 0 spiro atoms. The molecule has 0 bridgehead atoms. The van der Waals surface area contributed by atoms with Gasteiger partial charge in [0.05, 0.1) is 16.3 Å². The molecule has 1 aromatic carbocycles. The molecule has 0 saturated carbocycles. The second kappa shape index (κ2) is 7.36. The largest absolute Gasteiger partial charge is 0.398 e. The minimum absolute atomic E-state index is 0.0880. The molecule has 2 nitrogen and oxygen atoms in total. The third-order valence-electron chi connectivity index (χ3n) is 2.37. The topological polar surface area (TPSA) is 29.1 Å². The molecule has 1 unspecified atom stereocenters. The first-order valence-electron chi connectivity index (χ1n) is 5.94. The fraction of sp³-hybridized carbons (Fsp3) is 0.462. The maximum Gasteiger partial charge on any atom is 0.398 e. The van der Waals surface area contributed by atoms with Gasteiger partial charge in [-0.1, -0.05) is 41.9 Å². The number of carbonyl (C=O) groups excluding carboxylic acids is 1. The van der Waals surface area contributed by atoms with Crippen LogP contribution in [0.4, 0.5) is 18.9 Å². The zero-order valence-electron chi connectivity index (χ0n) is 11.0. The molecule has 0 fully saturated rings. The number of thioether (sulfide) groups is 1. The Hall–Kier alpha value is -0.690. The van der Waals surface area contributed by atoms with Crippen molar-refractivity contribution in [2.24, 2.45) is 5.92 Å². The van der Waals surface area contributed by atoms with Gasteiger partial charge in [0, 0.05) is 4.90 Å². The van der Waals surface area contributed by atoms with Crippen LogP contribution in [-0.4, -0.2) is 22.7 Å². The summed E-state index contributed by atoms with van der Waals surface area (Å²) in [5.74, 6) is -1.16. The molecule has 0 heterocycles. The predicted octanol–water partition coefficient (Wildman–Crippen LogP) is 4.70. The summed E-state index contributed by atoms with van der Waals surface area (Å²) in [5.41, 5.74) is 0.400. The number of para-hydroxylation sites is 1. The van der Waals surface area contributed by atoms with Crippen molar-refractivity contribution in [3.05, 3.63) is 24.3 Å². The van der Waals surface area contributed by atoms with Gasteiger partial charge in [-0.25, -0.2) is 0 Å². The number of anilines is 1. The lowest BCUT2D eigenvalue weighted by atomic mass is 10.1. The van der Waals surface area contributed by atoms with E-state index in [1.54, 1.807) is 24.3 Å². The third kappa shape index (κ3) is 5.75. The van der Waals surface area contributed by atoms with Crippen LogP contribution in [0.1, 0.15) is 13.8 Å². The lowest BCUT2D eigenvalue weighted by Gasteiger charge is -2.16. The Bertz CT molecular complexity index is 465. The molecule has 1 amide bonds. The highest BCUT2D eigenvalue weighted by molar-refractivity contribution is 9.10. The number of nitrogens with one attached hydrogen (secondary N) is 1. The Kier molecular flexibility index (Phi) is 6.39. The second-order valence-electron chi connectivity index (χ2n) is 4.54. The van der Waals surface area contributed by atoms with Gasteiger partial charge in [-0.15, -0.1) is 11.8 Å². The van der Waals surface area contributed by atoms with Gasteiger partial charge in [-0.3, -0.25) is 4.79 Å². The lowest BCUT2D eigenvalue weighted by molar-refractivity contribution is -0.116. The number of carbonyl (C=O) groups is 1. The van der Waals surface area contributed by atoms with Crippen molar-refractivity contribution in [2.75, 3.05) is 11.1 Å². The Balaban J connectivity index is 2.78. The first-order valence-corrected chi connectivity index (χ1v) is 7.84. The van der Waals surface area contributed by atoms with Crippen LogP contribution in [0.5, 0.6) is 0 Å². The fourth-order valence-corrected chi connectivity index (χ4v) is 2.24. The van der Waals surface area contributed by atoms with Gasteiger partial charge >= 0.3 is 6.18 Å². The zero-order chi connectivity index (χ0) is 15.3. The smallest absolute Gasteiger partial charge is 0.324 e. The summed E-state index contributed by atoms with van der Waals surface area (Å²) in [5, 5.41) is 2.65. The zero-order valence-corrected chi connectivity index (χ0v) is 13.4. The van der Waals surface area contributed by atoms with E-state index in [0.29, 0.717) is 22.3 Å². The summed E-state index contributed by atoms with van der Waals surface area (Å²) in [6.45, 7) is 3.76. The normalized spacial score (nSPS) is 13.3. The Morgan fingerprint density at radius 1 is 1.35 bits per heavy atom. The Morgan fingerprint density at radius 2 is 1.95 bits per heavy atom. The predicted molar refractivity (Wildman–Crippen MR) is 79.4 cm³/mol. The van der Waals surface area contributed by atoms with Crippen LogP contribution in [0, 0.1) is 5.92 Å². The van der Waals surface area contributed by atoms with Crippen molar-refractivity contribution in [3.8, 4) is 0 Å². The number of rotatable bonds is 5. The van der Waals surface area contributed by atoms with E-state index >= 15 is 0 Å². The quantitative estimate of drug-likeness (QED) is 0.601. The molecule has 0 saturated heterocycles. The number of halogens is 4. The van der Waals surface area contributed by atoms with Gasteiger partial charge in [-0.05, 0) is 18.1 Å². The lowest BCUT2D eigenvalue weighted by Crippen LogP contribution is -2.27. The Labute approximate surface area is 128 Å². The van der Waals surface area contributed by atoms with E-state index < -0.39 is 11.9 Å². The number of alkyl halides is 4. The molecule has 1 rings (SSSR count). The highest BCUT2D eigenvalue weighted by atomic mass is 79.9.